The Morgan fingerprint density at radius 3 is 2.10 bits per heavy atom. The van der Waals surface area contributed by atoms with Crippen molar-refractivity contribution in [1.29, 1.82) is 0 Å². The molecule has 0 saturated carbocycles. The molecule has 1 amide bonds. The fraction of sp³-hybridized carbons (Fsp3) is 0.182. The van der Waals surface area contributed by atoms with Crippen LogP contribution in [0.3, 0.4) is 0 Å². The second kappa shape index (κ2) is 8.54. The standard InChI is InChI=1S/C22H22N2O5S/c1-14-5-7-20(9-15(14)2)30(26,27)21-8-6-16(13-23-21)22(25)24-17-10-18(28-3)12-19(11-17)29-4/h5-13H,1-4H3,(H,24,25). The van der Waals surface area contributed by atoms with Gasteiger partial charge in [0.25, 0.3) is 5.91 Å². The molecule has 8 heteroatoms. The van der Waals surface area contributed by atoms with E-state index in [1.165, 1.54) is 32.5 Å². The maximum absolute atomic E-state index is 12.8. The first-order valence-corrected chi connectivity index (χ1v) is 10.6. The Hall–Kier alpha value is -3.39. The van der Waals surface area contributed by atoms with Crippen molar-refractivity contribution in [2.45, 2.75) is 23.8 Å². The predicted molar refractivity (Wildman–Crippen MR) is 113 cm³/mol. The molecule has 0 bridgehead atoms. The highest BCUT2D eigenvalue weighted by atomic mass is 32.2. The third-order valence-electron chi connectivity index (χ3n) is 4.67. The van der Waals surface area contributed by atoms with Gasteiger partial charge in [0.05, 0.1) is 24.7 Å². The van der Waals surface area contributed by atoms with Gasteiger partial charge in [-0.1, -0.05) is 6.07 Å². The number of hydrogen-bond donors (Lipinski definition) is 1. The fourth-order valence-electron chi connectivity index (χ4n) is 2.76. The summed E-state index contributed by atoms with van der Waals surface area (Å²) >= 11 is 0. The molecule has 0 unspecified atom stereocenters. The van der Waals surface area contributed by atoms with E-state index in [0.717, 1.165) is 11.1 Å². The van der Waals surface area contributed by atoms with Crippen LogP contribution in [0.5, 0.6) is 11.5 Å². The van der Waals surface area contributed by atoms with Crippen LogP contribution in [0.4, 0.5) is 5.69 Å². The highest BCUT2D eigenvalue weighted by Crippen LogP contribution is 2.26. The van der Waals surface area contributed by atoms with Gasteiger partial charge in [0.15, 0.2) is 5.03 Å². The highest BCUT2D eigenvalue weighted by Gasteiger charge is 2.20. The molecule has 0 aliphatic carbocycles. The maximum Gasteiger partial charge on any atom is 0.257 e. The zero-order valence-corrected chi connectivity index (χ0v) is 17.9. The Morgan fingerprint density at radius 1 is 0.900 bits per heavy atom. The minimum Gasteiger partial charge on any atom is -0.497 e. The van der Waals surface area contributed by atoms with Crippen LogP contribution in [-0.4, -0.2) is 33.5 Å². The number of pyridine rings is 1. The van der Waals surface area contributed by atoms with Gasteiger partial charge in [-0.3, -0.25) is 4.79 Å². The van der Waals surface area contributed by atoms with E-state index in [2.05, 4.69) is 10.3 Å². The summed E-state index contributed by atoms with van der Waals surface area (Å²) < 4.78 is 36.0. The zero-order chi connectivity index (χ0) is 21.9. The summed E-state index contributed by atoms with van der Waals surface area (Å²) in [4.78, 5) is 16.7. The van der Waals surface area contributed by atoms with Gasteiger partial charge in [-0.25, -0.2) is 13.4 Å². The van der Waals surface area contributed by atoms with Crippen molar-refractivity contribution in [3.8, 4) is 11.5 Å². The van der Waals surface area contributed by atoms with Crippen molar-refractivity contribution in [1.82, 2.24) is 4.98 Å². The third-order valence-corrected chi connectivity index (χ3v) is 6.34. The van der Waals surface area contributed by atoms with Crippen LogP contribution in [0.25, 0.3) is 0 Å². The number of rotatable bonds is 6. The number of carbonyl (C=O) groups is 1. The number of nitrogens with zero attached hydrogens (tertiary/aromatic N) is 1. The molecular formula is C22H22N2O5S. The Balaban J connectivity index is 1.83. The first kappa shape index (κ1) is 21.3. The molecule has 30 heavy (non-hydrogen) atoms. The van der Waals surface area contributed by atoms with Gasteiger partial charge in [-0.2, -0.15) is 0 Å². The molecule has 1 N–H and O–H groups in total. The highest BCUT2D eigenvalue weighted by molar-refractivity contribution is 7.91. The average Bonchev–Trinajstić information content (AvgIpc) is 2.75. The lowest BCUT2D eigenvalue weighted by Gasteiger charge is -2.10. The monoisotopic (exact) mass is 426 g/mol. The van der Waals surface area contributed by atoms with Crippen molar-refractivity contribution >= 4 is 21.4 Å². The molecule has 2 aromatic carbocycles. The number of aryl methyl sites for hydroxylation is 2. The van der Waals surface area contributed by atoms with Crippen LogP contribution in [0.2, 0.25) is 0 Å². The first-order chi connectivity index (χ1) is 14.2. The molecule has 0 aliphatic heterocycles. The summed E-state index contributed by atoms with van der Waals surface area (Å²) in [5, 5.41) is 2.60. The van der Waals surface area contributed by atoms with E-state index in [1.54, 1.807) is 36.4 Å². The van der Waals surface area contributed by atoms with Crippen molar-refractivity contribution in [3.05, 3.63) is 71.4 Å². The number of sulfone groups is 1. The van der Waals surface area contributed by atoms with Gasteiger partial charge in [-0.15, -0.1) is 0 Å². The molecule has 0 spiro atoms. The second-order valence-corrected chi connectivity index (χ2v) is 8.59. The van der Waals surface area contributed by atoms with Crippen LogP contribution >= 0.6 is 0 Å². The molecule has 156 valence electrons. The van der Waals surface area contributed by atoms with E-state index < -0.39 is 15.7 Å². The smallest absolute Gasteiger partial charge is 0.257 e. The summed E-state index contributed by atoms with van der Waals surface area (Å²) in [5.74, 6) is 0.614. The number of carbonyl (C=O) groups excluding carboxylic acids is 1. The number of aromatic nitrogens is 1. The lowest BCUT2D eigenvalue weighted by molar-refractivity contribution is 0.102. The lowest BCUT2D eigenvalue weighted by atomic mass is 10.1. The van der Waals surface area contributed by atoms with Gasteiger partial charge in [0.1, 0.15) is 11.5 Å². The molecule has 3 rings (SSSR count). The van der Waals surface area contributed by atoms with Gasteiger partial charge in [0, 0.05) is 30.1 Å². The molecular weight excluding hydrogens is 404 g/mol. The Labute approximate surface area is 175 Å². The molecule has 3 aromatic rings. The molecule has 1 heterocycles. The molecule has 0 radical (unpaired) electrons. The van der Waals surface area contributed by atoms with Crippen molar-refractivity contribution in [3.63, 3.8) is 0 Å². The average molecular weight is 426 g/mol. The SMILES string of the molecule is COc1cc(NC(=O)c2ccc(S(=O)(=O)c3ccc(C)c(C)c3)nc2)cc(OC)c1. The van der Waals surface area contributed by atoms with E-state index in [4.69, 9.17) is 9.47 Å². The third kappa shape index (κ3) is 4.44. The van der Waals surface area contributed by atoms with E-state index in [1.807, 2.05) is 13.8 Å². The summed E-state index contributed by atoms with van der Waals surface area (Å²) in [7, 11) is -0.748. The summed E-state index contributed by atoms with van der Waals surface area (Å²) in [6, 6.07) is 12.6. The molecule has 0 saturated heterocycles. The minimum absolute atomic E-state index is 0.120. The number of amides is 1. The van der Waals surface area contributed by atoms with Gasteiger partial charge >= 0.3 is 0 Å². The van der Waals surface area contributed by atoms with E-state index >= 15 is 0 Å². The summed E-state index contributed by atoms with van der Waals surface area (Å²) in [6.07, 6.45) is 1.24. The number of methoxy groups -OCH3 is 2. The topological polar surface area (TPSA) is 94.6 Å². The van der Waals surface area contributed by atoms with Crippen molar-refractivity contribution < 1.29 is 22.7 Å². The molecule has 0 fully saturated rings. The van der Waals surface area contributed by atoms with Crippen LogP contribution in [0.1, 0.15) is 21.5 Å². The number of hydrogen-bond acceptors (Lipinski definition) is 6. The molecule has 0 aliphatic rings. The minimum atomic E-state index is -3.77. The van der Waals surface area contributed by atoms with Gasteiger partial charge in [-0.05, 0) is 49.2 Å². The largest absolute Gasteiger partial charge is 0.497 e. The molecule has 1 aromatic heterocycles. The second-order valence-electron chi connectivity index (χ2n) is 6.69. The summed E-state index contributed by atoms with van der Waals surface area (Å²) in [6.45, 7) is 3.76. The van der Waals surface area contributed by atoms with E-state index in [0.29, 0.717) is 17.2 Å². The summed E-state index contributed by atoms with van der Waals surface area (Å²) in [5.41, 5.74) is 2.57. The van der Waals surface area contributed by atoms with Crippen LogP contribution in [0, 0.1) is 13.8 Å². The first-order valence-electron chi connectivity index (χ1n) is 9.07. The quantitative estimate of drug-likeness (QED) is 0.644. The van der Waals surface area contributed by atoms with Gasteiger partial charge in [0.2, 0.25) is 9.84 Å². The van der Waals surface area contributed by atoms with Crippen LogP contribution in [-0.2, 0) is 9.84 Å². The normalized spacial score (nSPS) is 11.1. The van der Waals surface area contributed by atoms with Crippen molar-refractivity contribution in [2.75, 3.05) is 19.5 Å². The van der Waals surface area contributed by atoms with Crippen molar-refractivity contribution in [2.24, 2.45) is 0 Å². The van der Waals surface area contributed by atoms with E-state index in [-0.39, 0.29) is 15.5 Å². The van der Waals surface area contributed by atoms with Gasteiger partial charge < -0.3 is 14.8 Å². The Kier molecular flexibility index (Phi) is 6.07. The zero-order valence-electron chi connectivity index (χ0n) is 17.1. The van der Waals surface area contributed by atoms with E-state index in [9.17, 15) is 13.2 Å². The Morgan fingerprint density at radius 2 is 1.57 bits per heavy atom. The Bertz CT molecular complexity index is 1170. The van der Waals surface area contributed by atoms with Crippen LogP contribution in [0.15, 0.2) is 64.6 Å². The molecule has 7 nitrogen and oxygen atoms in total. The maximum atomic E-state index is 12.8. The predicted octanol–water partition coefficient (Wildman–Crippen LogP) is 3.80. The number of benzene rings is 2. The fourth-order valence-corrected chi connectivity index (χ4v) is 4.02. The van der Waals surface area contributed by atoms with Crippen LogP contribution < -0.4 is 14.8 Å². The molecule has 0 atom stereocenters. The lowest BCUT2D eigenvalue weighted by Crippen LogP contribution is -2.13. The number of nitrogens with one attached hydrogen (secondary N) is 1. The number of anilines is 1. The number of ether oxygens (including phenoxy) is 2.